The van der Waals surface area contributed by atoms with E-state index >= 15 is 0 Å². The average Bonchev–Trinajstić information content (AvgIpc) is 3.31. The third-order valence-corrected chi connectivity index (χ3v) is 6.19. The summed E-state index contributed by atoms with van der Waals surface area (Å²) in [6.45, 7) is 0.453. The molecule has 1 aliphatic rings. The number of anilines is 1. The van der Waals surface area contributed by atoms with Gasteiger partial charge in [0.25, 0.3) is 5.91 Å². The van der Waals surface area contributed by atoms with Crippen LogP contribution in [0.1, 0.15) is 23.2 Å². The number of benzene rings is 1. The van der Waals surface area contributed by atoms with Crippen molar-refractivity contribution in [2.45, 2.75) is 23.1 Å². The molecule has 0 spiro atoms. The molecular formula is C18H18N2O4S2. The highest BCUT2D eigenvalue weighted by molar-refractivity contribution is 8.01. The van der Waals surface area contributed by atoms with Gasteiger partial charge in [0.15, 0.2) is 0 Å². The zero-order chi connectivity index (χ0) is 18.5. The van der Waals surface area contributed by atoms with Crippen LogP contribution >= 0.6 is 23.1 Å². The first kappa shape index (κ1) is 18.5. The van der Waals surface area contributed by atoms with Crippen LogP contribution in [0.3, 0.4) is 0 Å². The zero-order valence-electron chi connectivity index (χ0n) is 13.9. The Morgan fingerprint density at radius 1 is 1.23 bits per heavy atom. The molecule has 136 valence electrons. The van der Waals surface area contributed by atoms with E-state index in [-0.39, 0.29) is 11.8 Å². The minimum atomic E-state index is -0.969. The van der Waals surface area contributed by atoms with E-state index < -0.39 is 12.0 Å². The van der Waals surface area contributed by atoms with E-state index in [1.54, 1.807) is 35.6 Å². The highest BCUT2D eigenvalue weighted by atomic mass is 32.2. The molecule has 0 bridgehead atoms. The molecule has 1 aromatic heterocycles. The predicted molar refractivity (Wildman–Crippen MR) is 102 cm³/mol. The highest BCUT2D eigenvalue weighted by Crippen LogP contribution is 2.24. The number of thioether (sulfide) groups is 1. The summed E-state index contributed by atoms with van der Waals surface area (Å²) < 4.78 is 1.08. The number of nitrogens with zero attached hydrogens (tertiary/aromatic N) is 1. The van der Waals surface area contributed by atoms with E-state index in [4.69, 9.17) is 0 Å². The van der Waals surface area contributed by atoms with Crippen LogP contribution in [0.4, 0.5) is 5.69 Å². The van der Waals surface area contributed by atoms with E-state index in [0.717, 1.165) is 4.21 Å². The Balaban J connectivity index is 1.56. The lowest BCUT2D eigenvalue weighted by atomic mass is 10.1. The zero-order valence-corrected chi connectivity index (χ0v) is 15.5. The molecule has 6 nitrogen and oxygen atoms in total. The second kappa shape index (κ2) is 8.37. The fraction of sp³-hybridized carbons (Fsp3) is 0.278. The fourth-order valence-electron chi connectivity index (χ4n) is 2.81. The second-order valence-electron chi connectivity index (χ2n) is 5.84. The lowest BCUT2D eigenvalue weighted by Gasteiger charge is -2.21. The molecule has 26 heavy (non-hydrogen) atoms. The van der Waals surface area contributed by atoms with Crippen LogP contribution in [0, 0.1) is 0 Å². The van der Waals surface area contributed by atoms with Crippen molar-refractivity contribution < 1.29 is 19.5 Å². The minimum Gasteiger partial charge on any atom is -0.480 e. The number of amides is 2. The number of carboxylic acid groups (broad SMARTS) is 1. The first-order valence-electron chi connectivity index (χ1n) is 8.14. The predicted octanol–water partition coefficient (Wildman–Crippen LogP) is 3.17. The summed E-state index contributed by atoms with van der Waals surface area (Å²) in [7, 11) is 0. The Hall–Kier alpha value is -2.32. The van der Waals surface area contributed by atoms with Gasteiger partial charge in [0.05, 0.1) is 9.96 Å². The van der Waals surface area contributed by atoms with Crippen molar-refractivity contribution >= 4 is 46.6 Å². The monoisotopic (exact) mass is 390 g/mol. The van der Waals surface area contributed by atoms with Gasteiger partial charge in [-0.2, -0.15) is 0 Å². The Morgan fingerprint density at radius 2 is 2.00 bits per heavy atom. The molecular weight excluding hydrogens is 372 g/mol. The number of aliphatic carboxylic acids is 1. The second-order valence-corrected chi connectivity index (χ2v) is 8.06. The molecule has 3 rings (SSSR count). The van der Waals surface area contributed by atoms with E-state index in [9.17, 15) is 19.5 Å². The summed E-state index contributed by atoms with van der Waals surface area (Å²) in [5, 5.41) is 14.0. The number of carbonyl (C=O) groups is 3. The van der Waals surface area contributed by atoms with Crippen LogP contribution in [0.2, 0.25) is 0 Å². The van der Waals surface area contributed by atoms with Crippen molar-refractivity contribution in [3.05, 3.63) is 47.3 Å². The molecule has 0 aliphatic carbocycles. The summed E-state index contributed by atoms with van der Waals surface area (Å²) in [5.74, 6) is -1.06. The summed E-state index contributed by atoms with van der Waals surface area (Å²) >= 11 is 3.06. The van der Waals surface area contributed by atoms with Crippen molar-refractivity contribution in [1.29, 1.82) is 0 Å². The molecule has 2 aromatic rings. The molecule has 1 aromatic carbocycles. The van der Waals surface area contributed by atoms with Crippen LogP contribution < -0.4 is 5.32 Å². The average molecular weight is 390 g/mol. The first-order valence-corrected chi connectivity index (χ1v) is 10.0. The summed E-state index contributed by atoms with van der Waals surface area (Å²) in [5.41, 5.74) is 1.03. The number of rotatable bonds is 6. The van der Waals surface area contributed by atoms with Crippen LogP contribution in [-0.2, 0) is 9.59 Å². The molecule has 1 atom stereocenters. The smallest absolute Gasteiger partial charge is 0.326 e. The Kier molecular flexibility index (Phi) is 5.95. The number of hydrogen-bond acceptors (Lipinski definition) is 5. The van der Waals surface area contributed by atoms with Gasteiger partial charge in [0.2, 0.25) is 5.91 Å². The molecule has 2 N–H and O–H groups in total. The van der Waals surface area contributed by atoms with Gasteiger partial charge in [0, 0.05) is 17.8 Å². The van der Waals surface area contributed by atoms with E-state index in [0.29, 0.717) is 36.4 Å². The SMILES string of the molecule is O=C(CSc1cccs1)Nc1ccc(C(=O)N2CCC[C@H]2C(=O)O)cc1. The quantitative estimate of drug-likeness (QED) is 0.740. The van der Waals surface area contributed by atoms with Gasteiger partial charge < -0.3 is 15.3 Å². The molecule has 2 heterocycles. The lowest BCUT2D eigenvalue weighted by molar-refractivity contribution is -0.141. The minimum absolute atomic E-state index is 0.118. The molecule has 1 saturated heterocycles. The summed E-state index contributed by atoms with van der Waals surface area (Å²) in [4.78, 5) is 37.1. The number of carboxylic acids is 1. The van der Waals surface area contributed by atoms with Gasteiger partial charge in [-0.05, 0) is 48.6 Å². The standard InChI is InChI=1S/C18H18N2O4S2/c21-15(11-26-16-4-2-10-25-16)19-13-7-5-12(6-8-13)17(22)20-9-1-3-14(20)18(23)24/h2,4-8,10,14H,1,3,9,11H2,(H,19,21)(H,23,24)/t14-/m0/s1. The van der Waals surface area contributed by atoms with Crippen LogP contribution in [0.15, 0.2) is 46.0 Å². The Morgan fingerprint density at radius 3 is 2.65 bits per heavy atom. The maximum atomic E-state index is 12.5. The molecule has 2 amide bonds. The molecule has 0 saturated carbocycles. The number of nitrogens with one attached hydrogen (secondary N) is 1. The summed E-state index contributed by atoms with van der Waals surface area (Å²) in [6.07, 6.45) is 1.18. The molecule has 1 fully saturated rings. The molecule has 1 aliphatic heterocycles. The topological polar surface area (TPSA) is 86.7 Å². The number of carbonyl (C=O) groups excluding carboxylic acids is 2. The van der Waals surface area contributed by atoms with E-state index in [1.807, 2.05) is 17.5 Å². The van der Waals surface area contributed by atoms with Crippen LogP contribution in [0.25, 0.3) is 0 Å². The number of likely N-dealkylation sites (tertiary alicyclic amines) is 1. The Labute approximate surface area is 159 Å². The summed E-state index contributed by atoms with van der Waals surface area (Å²) in [6, 6.07) is 9.70. The molecule has 8 heteroatoms. The normalized spacial score (nSPS) is 16.5. The Bertz CT molecular complexity index is 790. The fourth-order valence-corrected chi connectivity index (χ4v) is 4.39. The number of hydrogen-bond donors (Lipinski definition) is 2. The first-order chi connectivity index (χ1) is 12.5. The van der Waals surface area contributed by atoms with Gasteiger partial charge in [-0.3, -0.25) is 9.59 Å². The molecule has 0 unspecified atom stereocenters. The third kappa shape index (κ3) is 4.44. The maximum Gasteiger partial charge on any atom is 0.326 e. The van der Waals surface area contributed by atoms with Gasteiger partial charge >= 0.3 is 5.97 Å². The van der Waals surface area contributed by atoms with Crippen molar-refractivity contribution in [3.8, 4) is 0 Å². The maximum absolute atomic E-state index is 12.5. The van der Waals surface area contributed by atoms with Gasteiger partial charge in [-0.25, -0.2) is 4.79 Å². The van der Waals surface area contributed by atoms with Crippen molar-refractivity contribution in [3.63, 3.8) is 0 Å². The third-order valence-electron chi connectivity index (χ3n) is 4.05. The van der Waals surface area contributed by atoms with Gasteiger partial charge in [-0.15, -0.1) is 23.1 Å². The van der Waals surface area contributed by atoms with Crippen LogP contribution in [0.5, 0.6) is 0 Å². The highest BCUT2D eigenvalue weighted by Gasteiger charge is 2.34. The van der Waals surface area contributed by atoms with Crippen molar-refractivity contribution in [2.75, 3.05) is 17.6 Å². The van der Waals surface area contributed by atoms with E-state index in [1.165, 1.54) is 16.7 Å². The van der Waals surface area contributed by atoms with E-state index in [2.05, 4.69) is 5.32 Å². The van der Waals surface area contributed by atoms with Gasteiger partial charge in [-0.1, -0.05) is 6.07 Å². The number of thiophene rings is 1. The molecule has 0 radical (unpaired) electrons. The van der Waals surface area contributed by atoms with Crippen molar-refractivity contribution in [1.82, 2.24) is 4.90 Å². The van der Waals surface area contributed by atoms with Crippen molar-refractivity contribution in [2.24, 2.45) is 0 Å². The largest absolute Gasteiger partial charge is 0.480 e. The van der Waals surface area contributed by atoms with Gasteiger partial charge in [0.1, 0.15) is 6.04 Å². The lowest BCUT2D eigenvalue weighted by Crippen LogP contribution is -2.40. The van der Waals surface area contributed by atoms with Crippen LogP contribution in [-0.4, -0.2) is 46.1 Å².